The first-order chi connectivity index (χ1) is 13.1. The molecule has 4 nitrogen and oxygen atoms in total. The number of nitrogens with zero attached hydrogens (tertiary/aromatic N) is 2. The monoisotopic (exact) mass is 378 g/mol. The van der Waals surface area contributed by atoms with E-state index in [0.29, 0.717) is 42.3 Å². The standard InChI is InChI=1S/C22H19ClN2O2/c23-20-7-3-6-18(15-20)21(26)24-10-12-25(13-11-24)22(27)19-9-8-16-4-1-2-5-17(16)14-19/h1-9,14-15H,10-13H2. The normalized spacial score (nSPS) is 14.4. The molecule has 0 atom stereocenters. The highest BCUT2D eigenvalue weighted by atomic mass is 35.5. The molecule has 3 aromatic rings. The van der Waals surface area contributed by atoms with Crippen molar-refractivity contribution in [3.63, 3.8) is 0 Å². The molecule has 136 valence electrons. The molecule has 2 amide bonds. The Kier molecular flexibility index (Phi) is 4.82. The molecule has 0 bridgehead atoms. The van der Waals surface area contributed by atoms with E-state index in [0.717, 1.165) is 10.8 Å². The molecule has 5 heteroatoms. The lowest BCUT2D eigenvalue weighted by atomic mass is 10.1. The summed E-state index contributed by atoms with van der Waals surface area (Å²) in [4.78, 5) is 29.0. The lowest BCUT2D eigenvalue weighted by molar-refractivity contribution is 0.0535. The summed E-state index contributed by atoms with van der Waals surface area (Å²) in [6, 6.07) is 20.7. The highest BCUT2D eigenvalue weighted by molar-refractivity contribution is 6.30. The first-order valence-corrected chi connectivity index (χ1v) is 9.32. The molecule has 4 rings (SSSR count). The van der Waals surface area contributed by atoms with Gasteiger partial charge in [-0.25, -0.2) is 0 Å². The fraction of sp³-hybridized carbons (Fsp3) is 0.182. The molecule has 1 saturated heterocycles. The number of piperazine rings is 1. The molecule has 0 aliphatic carbocycles. The van der Waals surface area contributed by atoms with Crippen molar-refractivity contribution in [3.8, 4) is 0 Å². The topological polar surface area (TPSA) is 40.6 Å². The number of rotatable bonds is 2. The molecular weight excluding hydrogens is 360 g/mol. The quantitative estimate of drug-likeness (QED) is 0.673. The third-order valence-corrected chi connectivity index (χ3v) is 5.16. The minimum absolute atomic E-state index is 0.00982. The SMILES string of the molecule is O=C(c1cccc(Cl)c1)N1CCN(C(=O)c2ccc3ccccc3c2)CC1. The van der Waals surface area contributed by atoms with E-state index in [1.165, 1.54) is 0 Å². The summed E-state index contributed by atoms with van der Waals surface area (Å²) in [5.74, 6) is -0.0362. The van der Waals surface area contributed by atoms with Gasteiger partial charge in [0.25, 0.3) is 11.8 Å². The number of halogens is 1. The molecule has 1 aliphatic heterocycles. The largest absolute Gasteiger partial charge is 0.335 e. The predicted octanol–water partition coefficient (Wildman–Crippen LogP) is 4.09. The highest BCUT2D eigenvalue weighted by Gasteiger charge is 2.25. The van der Waals surface area contributed by atoms with Gasteiger partial charge in [0.05, 0.1) is 0 Å². The smallest absolute Gasteiger partial charge is 0.254 e. The zero-order valence-electron chi connectivity index (χ0n) is 14.8. The van der Waals surface area contributed by atoms with Crippen LogP contribution in [0.25, 0.3) is 10.8 Å². The Labute approximate surface area is 162 Å². The van der Waals surface area contributed by atoms with Gasteiger partial charge in [-0.05, 0) is 41.1 Å². The molecule has 0 aromatic heterocycles. The van der Waals surface area contributed by atoms with Gasteiger partial charge < -0.3 is 9.80 Å². The summed E-state index contributed by atoms with van der Waals surface area (Å²) in [5, 5.41) is 2.72. The van der Waals surface area contributed by atoms with E-state index in [1.54, 1.807) is 29.2 Å². The zero-order valence-corrected chi connectivity index (χ0v) is 15.5. The Morgan fingerprint density at radius 3 is 1.89 bits per heavy atom. The molecule has 0 unspecified atom stereocenters. The van der Waals surface area contributed by atoms with Gasteiger partial charge in [0, 0.05) is 42.3 Å². The molecular formula is C22H19ClN2O2. The van der Waals surface area contributed by atoms with E-state index in [9.17, 15) is 9.59 Å². The molecule has 27 heavy (non-hydrogen) atoms. The first-order valence-electron chi connectivity index (χ1n) is 8.95. The number of carbonyl (C=O) groups is 2. The second kappa shape index (κ2) is 7.41. The Morgan fingerprint density at radius 2 is 1.26 bits per heavy atom. The molecule has 0 saturated carbocycles. The van der Waals surface area contributed by atoms with Gasteiger partial charge in [-0.15, -0.1) is 0 Å². The van der Waals surface area contributed by atoms with Crippen molar-refractivity contribution in [1.82, 2.24) is 9.80 Å². The average molecular weight is 379 g/mol. The van der Waals surface area contributed by atoms with Crippen LogP contribution >= 0.6 is 11.6 Å². The second-order valence-corrected chi connectivity index (χ2v) is 7.09. The zero-order chi connectivity index (χ0) is 18.8. The van der Waals surface area contributed by atoms with Crippen LogP contribution < -0.4 is 0 Å². The molecule has 0 N–H and O–H groups in total. The lowest BCUT2D eigenvalue weighted by Crippen LogP contribution is -2.50. The number of fused-ring (bicyclic) bond motifs is 1. The van der Waals surface area contributed by atoms with E-state index in [-0.39, 0.29) is 11.8 Å². The lowest BCUT2D eigenvalue weighted by Gasteiger charge is -2.35. The van der Waals surface area contributed by atoms with Crippen LogP contribution in [-0.2, 0) is 0 Å². The summed E-state index contributed by atoms with van der Waals surface area (Å²) in [6.45, 7) is 2.09. The maximum atomic E-state index is 12.8. The van der Waals surface area contributed by atoms with Crippen LogP contribution in [0, 0.1) is 0 Å². The summed E-state index contributed by atoms with van der Waals surface area (Å²) < 4.78 is 0. The minimum Gasteiger partial charge on any atom is -0.335 e. The van der Waals surface area contributed by atoms with Gasteiger partial charge >= 0.3 is 0 Å². The van der Waals surface area contributed by atoms with Crippen molar-refractivity contribution in [2.24, 2.45) is 0 Å². The van der Waals surface area contributed by atoms with Crippen molar-refractivity contribution in [1.29, 1.82) is 0 Å². The van der Waals surface area contributed by atoms with Gasteiger partial charge in [0.2, 0.25) is 0 Å². The van der Waals surface area contributed by atoms with Gasteiger partial charge in [0.1, 0.15) is 0 Å². The van der Waals surface area contributed by atoms with Crippen molar-refractivity contribution in [2.75, 3.05) is 26.2 Å². The van der Waals surface area contributed by atoms with Crippen molar-refractivity contribution < 1.29 is 9.59 Å². The molecule has 0 radical (unpaired) electrons. The number of amides is 2. The summed E-state index contributed by atoms with van der Waals surface area (Å²) in [6.07, 6.45) is 0. The van der Waals surface area contributed by atoms with Gasteiger partial charge in [-0.1, -0.05) is 48.0 Å². The van der Waals surface area contributed by atoms with E-state index in [1.807, 2.05) is 47.4 Å². The summed E-state index contributed by atoms with van der Waals surface area (Å²) in [5.41, 5.74) is 1.26. The van der Waals surface area contributed by atoms with Crippen LogP contribution in [0.4, 0.5) is 0 Å². The van der Waals surface area contributed by atoms with Crippen LogP contribution in [0.15, 0.2) is 66.7 Å². The summed E-state index contributed by atoms with van der Waals surface area (Å²) >= 11 is 5.98. The van der Waals surface area contributed by atoms with Crippen LogP contribution in [0.3, 0.4) is 0 Å². The number of carbonyl (C=O) groups excluding carboxylic acids is 2. The number of hydrogen-bond donors (Lipinski definition) is 0. The van der Waals surface area contributed by atoms with Gasteiger partial charge in [-0.2, -0.15) is 0 Å². The fourth-order valence-electron chi connectivity index (χ4n) is 3.42. The maximum Gasteiger partial charge on any atom is 0.254 e. The Balaban J connectivity index is 1.43. The Bertz CT molecular complexity index is 1010. The first kappa shape index (κ1) is 17.6. The second-order valence-electron chi connectivity index (χ2n) is 6.66. The van der Waals surface area contributed by atoms with E-state index >= 15 is 0 Å². The Morgan fingerprint density at radius 1 is 0.667 bits per heavy atom. The maximum absolute atomic E-state index is 12.8. The predicted molar refractivity (Wildman–Crippen MR) is 107 cm³/mol. The highest BCUT2D eigenvalue weighted by Crippen LogP contribution is 2.18. The fourth-order valence-corrected chi connectivity index (χ4v) is 3.61. The number of hydrogen-bond acceptors (Lipinski definition) is 2. The van der Waals surface area contributed by atoms with Crippen molar-refractivity contribution in [3.05, 3.63) is 82.9 Å². The van der Waals surface area contributed by atoms with E-state index in [2.05, 4.69) is 0 Å². The van der Waals surface area contributed by atoms with Gasteiger partial charge in [0.15, 0.2) is 0 Å². The van der Waals surface area contributed by atoms with Crippen LogP contribution in [0.5, 0.6) is 0 Å². The molecule has 1 fully saturated rings. The van der Waals surface area contributed by atoms with Gasteiger partial charge in [-0.3, -0.25) is 9.59 Å². The third-order valence-electron chi connectivity index (χ3n) is 4.92. The minimum atomic E-state index is -0.0460. The molecule has 1 aliphatic rings. The molecule has 0 spiro atoms. The number of benzene rings is 3. The molecule has 3 aromatic carbocycles. The van der Waals surface area contributed by atoms with Crippen molar-refractivity contribution in [2.45, 2.75) is 0 Å². The average Bonchev–Trinajstić information content (AvgIpc) is 2.72. The van der Waals surface area contributed by atoms with Crippen molar-refractivity contribution >= 4 is 34.2 Å². The summed E-state index contributed by atoms with van der Waals surface area (Å²) in [7, 11) is 0. The van der Waals surface area contributed by atoms with E-state index < -0.39 is 0 Å². The Hall–Kier alpha value is -2.85. The van der Waals surface area contributed by atoms with E-state index in [4.69, 9.17) is 11.6 Å². The van der Waals surface area contributed by atoms with Crippen LogP contribution in [0.2, 0.25) is 5.02 Å². The third kappa shape index (κ3) is 3.67. The van der Waals surface area contributed by atoms with Crippen LogP contribution in [-0.4, -0.2) is 47.8 Å². The molecule has 1 heterocycles. The van der Waals surface area contributed by atoms with Crippen LogP contribution in [0.1, 0.15) is 20.7 Å².